The van der Waals surface area contributed by atoms with Gasteiger partial charge in [0.15, 0.2) is 0 Å². The lowest BCUT2D eigenvalue weighted by Gasteiger charge is -2.32. The molecule has 0 atom stereocenters. The van der Waals surface area contributed by atoms with Crippen LogP contribution in [-0.2, 0) is 9.31 Å². The van der Waals surface area contributed by atoms with Crippen molar-refractivity contribution in [2.45, 2.75) is 38.9 Å². The molecular weight excluding hydrogens is 483 g/mol. The van der Waals surface area contributed by atoms with E-state index in [1.807, 2.05) is 12.1 Å². The Balaban J connectivity index is 1.30. The molecule has 1 aliphatic heterocycles. The minimum Gasteiger partial charge on any atom is -0.456 e. The Labute approximate surface area is 226 Å². The summed E-state index contributed by atoms with van der Waals surface area (Å²) >= 11 is 0. The summed E-state index contributed by atoms with van der Waals surface area (Å²) in [5, 5.41) is 6.70. The maximum atomic E-state index is 6.52. The quantitative estimate of drug-likeness (QED) is 0.219. The third kappa shape index (κ3) is 3.27. The third-order valence-electron chi connectivity index (χ3n) is 8.71. The highest BCUT2D eigenvalue weighted by atomic mass is 16.7. The first-order valence-corrected chi connectivity index (χ1v) is 13.4. The summed E-state index contributed by atoms with van der Waals surface area (Å²) in [4.78, 5) is 0. The van der Waals surface area contributed by atoms with Crippen molar-refractivity contribution >= 4 is 67.2 Å². The Morgan fingerprint density at radius 1 is 0.564 bits per heavy atom. The standard InChI is InChI=1S/C34H27BO4/c1-33(2)34(3,4)39-35(38-33)27-13-8-14-28-31(27)25-12-7-11-23(32(25)37-28)22-15-16-24-26-17-20-9-5-6-10-21(20)18-30(26)36-29(24)19-22/h5-19H,1-4H3. The Morgan fingerprint density at radius 2 is 1.28 bits per heavy atom. The average molecular weight is 510 g/mol. The van der Waals surface area contributed by atoms with Crippen LogP contribution in [0.4, 0.5) is 0 Å². The van der Waals surface area contributed by atoms with Crippen LogP contribution in [0.15, 0.2) is 99.8 Å². The lowest BCUT2D eigenvalue weighted by Crippen LogP contribution is -2.41. The molecule has 1 saturated heterocycles. The van der Waals surface area contributed by atoms with Gasteiger partial charge < -0.3 is 18.1 Å². The Morgan fingerprint density at radius 3 is 2.08 bits per heavy atom. The molecule has 5 heteroatoms. The van der Waals surface area contributed by atoms with Crippen LogP contribution in [0.1, 0.15) is 27.7 Å². The molecule has 8 rings (SSSR count). The zero-order valence-corrected chi connectivity index (χ0v) is 22.4. The zero-order valence-electron chi connectivity index (χ0n) is 22.4. The van der Waals surface area contributed by atoms with E-state index in [9.17, 15) is 0 Å². The number of hydrogen-bond donors (Lipinski definition) is 0. The molecule has 4 nitrogen and oxygen atoms in total. The van der Waals surface area contributed by atoms with E-state index in [1.165, 1.54) is 10.8 Å². The molecule has 190 valence electrons. The van der Waals surface area contributed by atoms with Gasteiger partial charge in [-0.05, 0) is 79.8 Å². The molecule has 39 heavy (non-hydrogen) atoms. The SMILES string of the molecule is CC1(C)OB(c2cccc3oc4c(-c5ccc6c(c5)oc5cc7ccccc7cc56)cccc4c23)OC1(C)C. The number of hydrogen-bond acceptors (Lipinski definition) is 4. The van der Waals surface area contributed by atoms with Crippen molar-refractivity contribution < 1.29 is 18.1 Å². The molecule has 0 N–H and O–H groups in total. The van der Waals surface area contributed by atoms with Crippen LogP contribution in [0, 0.1) is 0 Å². The molecular formula is C34H27BO4. The van der Waals surface area contributed by atoms with Gasteiger partial charge in [-0.15, -0.1) is 0 Å². The zero-order chi connectivity index (χ0) is 26.5. The summed E-state index contributed by atoms with van der Waals surface area (Å²) in [7, 11) is -0.467. The van der Waals surface area contributed by atoms with Crippen molar-refractivity contribution in [1.82, 2.24) is 0 Å². The fraction of sp³-hybridized carbons (Fsp3) is 0.176. The summed E-state index contributed by atoms with van der Waals surface area (Å²) < 4.78 is 25.7. The first kappa shape index (κ1) is 22.9. The predicted octanol–water partition coefficient (Wildman–Crippen LogP) is 8.60. The van der Waals surface area contributed by atoms with Crippen LogP contribution in [0.5, 0.6) is 0 Å². The van der Waals surface area contributed by atoms with E-state index in [0.717, 1.165) is 60.5 Å². The molecule has 0 amide bonds. The molecule has 3 heterocycles. The maximum Gasteiger partial charge on any atom is 0.495 e. The summed E-state index contributed by atoms with van der Waals surface area (Å²) in [6.45, 7) is 8.32. The highest BCUT2D eigenvalue weighted by Gasteiger charge is 2.52. The highest BCUT2D eigenvalue weighted by molar-refractivity contribution is 6.66. The molecule has 0 saturated carbocycles. The summed E-state index contributed by atoms with van der Waals surface area (Å²) in [5.74, 6) is 0. The highest BCUT2D eigenvalue weighted by Crippen LogP contribution is 2.41. The lowest BCUT2D eigenvalue weighted by molar-refractivity contribution is 0.00578. The van der Waals surface area contributed by atoms with Gasteiger partial charge >= 0.3 is 7.12 Å². The smallest absolute Gasteiger partial charge is 0.456 e. The molecule has 1 fully saturated rings. The topological polar surface area (TPSA) is 44.7 Å². The molecule has 2 aromatic heterocycles. The van der Waals surface area contributed by atoms with Crippen LogP contribution in [-0.4, -0.2) is 18.3 Å². The summed E-state index contributed by atoms with van der Waals surface area (Å²) in [6, 6.07) is 31.6. The van der Waals surface area contributed by atoms with Crippen molar-refractivity contribution in [3.8, 4) is 11.1 Å². The molecule has 0 spiro atoms. The minimum atomic E-state index is -0.467. The van der Waals surface area contributed by atoms with Gasteiger partial charge in [0.25, 0.3) is 0 Å². The van der Waals surface area contributed by atoms with Gasteiger partial charge in [-0.3, -0.25) is 0 Å². The molecule has 0 aliphatic carbocycles. The van der Waals surface area contributed by atoms with Crippen LogP contribution < -0.4 is 5.46 Å². The van der Waals surface area contributed by atoms with Crippen molar-refractivity contribution in [2.24, 2.45) is 0 Å². The second-order valence-electron chi connectivity index (χ2n) is 11.6. The van der Waals surface area contributed by atoms with Crippen LogP contribution >= 0.6 is 0 Å². The van der Waals surface area contributed by atoms with Crippen molar-refractivity contribution in [1.29, 1.82) is 0 Å². The van der Waals surface area contributed by atoms with Crippen LogP contribution in [0.2, 0.25) is 0 Å². The summed E-state index contributed by atoms with van der Waals surface area (Å²) in [5.41, 5.74) is 5.65. The lowest BCUT2D eigenvalue weighted by atomic mass is 9.76. The number of furan rings is 2. The van der Waals surface area contributed by atoms with Crippen LogP contribution in [0.3, 0.4) is 0 Å². The largest absolute Gasteiger partial charge is 0.495 e. The minimum absolute atomic E-state index is 0.418. The van der Waals surface area contributed by atoms with E-state index in [1.54, 1.807) is 0 Å². The first-order valence-electron chi connectivity index (χ1n) is 13.4. The average Bonchev–Trinajstić information content (AvgIpc) is 3.54. The Hall–Kier alpha value is -4.06. The van der Waals surface area contributed by atoms with Gasteiger partial charge in [0.05, 0.1) is 11.2 Å². The fourth-order valence-corrected chi connectivity index (χ4v) is 5.90. The van der Waals surface area contributed by atoms with Gasteiger partial charge in [-0.25, -0.2) is 0 Å². The molecule has 7 aromatic rings. The molecule has 5 aromatic carbocycles. The van der Waals surface area contributed by atoms with Crippen molar-refractivity contribution in [2.75, 3.05) is 0 Å². The predicted molar refractivity (Wildman–Crippen MR) is 160 cm³/mol. The first-order chi connectivity index (χ1) is 18.8. The normalized spacial score (nSPS) is 16.9. The van der Waals surface area contributed by atoms with Gasteiger partial charge in [0.2, 0.25) is 0 Å². The molecule has 0 bridgehead atoms. The number of para-hydroxylation sites is 1. The van der Waals surface area contributed by atoms with E-state index >= 15 is 0 Å². The Kier molecular flexibility index (Phi) is 4.55. The van der Waals surface area contributed by atoms with E-state index < -0.39 is 18.3 Å². The Bertz CT molecular complexity index is 2080. The van der Waals surface area contributed by atoms with Crippen LogP contribution in [0.25, 0.3) is 65.8 Å². The molecule has 0 radical (unpaired) electrons. The second kappa shape index (κ2) is 7.75. The number of fused-ring (bicyclic) bond motifs is 7. The second-order valence-corrected chi connectivity index (χ2v) is 11.6. The monoisotopic (exact) mass is 510 g/mol. The third-order valence-corrected chi connectivity index (χ3v) is 8.71. The van der Waals surface area contributed by atoms with Gasteiger partial charge in [-0.1, -0.05) is 60.7 Å². The van der Waals surface area contributed by atoms with E-state index in [2.05, 4.69) is 107 Å². The number of benzene rings is 5. The van der Waals surface area contributed by atoms with E-state index in [4.69, 9.17) is 18.1 Å². The maximum absolute atomic E-state index is 6.52. The fourth-order valence-electron chi connectivity index (χ4n) is 5.90. The van der Waals surface area contributed by atoms with E-state index in [-0.39, 0.29) is 0 Å². The van der Waals surface area contributed by atoms with Gasteiger partial charge in [-0.2, -0.15) is 0 Å². The molecule has 0 unspecified atom stereocenters. The van der Waals surface area contributed by atoms with Crippen molar-refractivity contribution in [3.05, 3.63) is 91.0 Å². The number of rotatable bonds is 2. The van der Waals surface area contributed by atoms with Crippen molar-refractivity contribution in [3.63, 3.8) is 0 Å². The molecule has 1 aliphatic rings. The van der Waals surface area contributed by atoms with Gasteiger partial charge in [0.1, 0.15) is 22.3 Å². The van der Waals surface area contributed by atoms with E-state index in [0.29, 0.717) is 0 Å². The van der Waals surface area contributed by atoms with Gasteiger partial charge in [0, 0.05) is 27.1 Å². The summed E-state index contributed by atoms with van der Waals surface area (Å²) in [6.07, 6.45) is 0.